The Kier molecular flexibility index (Phi) is 8.15. The Labute approximate surface area is 289 Å². The highest BCUT2D eigenvalue weighted by molar-refractivity contribution is 5.94. The van der Waals surface area contributed by atoms with Gasteiger partial charge in [-0.3, -0.25) is 9.59 Å². The SMILES string of the molecule is CC(=O)O[C@@]12CO[C@@H]1C[C@H](O)[C@@]1(C)C(=O)[C@H](O)C3=C(C)C(OC(=O)[C@@H]4O[C@H]4c4ccccc4)C[C@@](O)(C(OC(=O)c4ccccc4)C12)C3(C)C. The van der Waals surface area contributed by atoms with Crippen molar-refractivity contribution in [3.63, 3.8) is 0 Å². The zero-order chi connectivity index (χ0) is 36.0. The third-order valence-electron chi connectivity index (χ3n) is 12.0. The minimum Gasteiger partial charge on any atom is -0.456 e. The van der Waals surface area contributed by atoms with Crippen LogP contribution in [-0.2, 0) is 38.1 Å². The Morgan fingerprint density at radius 2 is 1.58 bits per heavy atom. The summed E-state index contributed by atoms with van der Waals surface area (Å²) in [6, 6.07) is 17.2. The summed E-state index contributed by atoms with van der Waals surface area (Å²) in [5.74, 6) is -4.49. The van der Waals surface area contributed by atoms with Crippen molar-refractivity contribution in [1.29, 1.82) is 0 Å². The molecule has 2 heterocycles. The number of ketones is 1. The minimum absolute atomic E-state index is 0.0755. The molecule has 3 N–H and O–H groups in total. The topological polar surface area (TPSA) is 178 Å². The fourth-order valence-electron chi connectivity index (χ4n) is 9.17. The minimum atomic E-state index is -2.18. The van der Waals surface area contributed by atoms with Gasteiger partial charge in [0, 0.05) is 25.2 Å². The Hall–Kier alpha value is -3.94. The highest BCUT2D eigenvalue weighted by Gasteiger charge is 2.78. The first kappa shape index (κ1) is 34.5. The molecule has 2 saturated heterocycles. The van der Waals surface area contributed by atoms with Crippen LogP contribution in [0.15, 0.2) is 71.8 Å². The van der Waals surface area contributed by atoms with Crippen molar-refractivity contribution in [1.82, 2.24) is 0 Å². The van der Waals surface area contributed by atoms with E-state index in [1.165, 1.54) is 26.0 Å². The number of epoxide rings is 1. The molecule has 11 atom stereocenters. The summed E-state index contributed by atoms with van der Waals surface area (Å²) in [6.07, 6.45) is -9.00. The van der Waals surface area contributed by atoms with Crippen LogP contribution in [0.5, 0.6) is 0 Å². The largest absolute Gasteiger partial charge is 0.456 e. The first-order valence-corrected chi connectivity index (χ1v) is 16.9. The van der Waals surface area contributed by atoms with Gasteiger partial charge in [-0.15, -0.1) is 0 Å². The molecular weight excluding hydrogens is 648 g/mol. The van der Waals surface area contributed by atoms with Gasteiger partial charge in [0.25, 0.3) is 0 Å². The van der Waals surface area contributed by atoms with Crippen molar-refractivity contribution < 1.29 is 58.2 Å². The van der Waals surface area contributed by atoms with Gasteiger partial charge in [0.2, 0.25) is 0 Å². The van der Waals surface area contributed by atoms with E-state index in [-0.39, 0.29) is 30.6 Å². The number of aliphatic hydroxyl groups excluding tert-OH is 2. The summed E-state index contributed by atoms with van der Waals surface area (Å²) in [6.45, 7) is 7.27. The van der Waals surface area contributed by atoms with Crippen LogP contribution in [0, 0.1) is 16.7 Å². The molecule has 7 rings (SSSR count). The number of carbonyl (C=O) groups excluding carboxylic acids is 4. The lowest BCUT2D eigenvalue weighted by atomic mass is 9.44. The van der Waals surface area contributed by atoms with Gasteiger partial charge >= 0.3 is 17.9 Å². The molecule has 266 valence electrons. The lowest BCUT2D eigenvalue weighted by molar-refractivity contribution is -0.345. The number of benzene rings is 2. The Morgan fingerprint density at radius 3 is 2.18 bits per heavy atom. The molecule has 5 aliphatic rings. The second kappa shape index (κ2) is 11.8. The third-order valence-corrected chi connectivity index (χ3v) is 12.0. The van der Waals surface area contributed by atoms with E-state index in [1.807, 2.05) is 30.3 Å². The number of fused-ring (bicyclic) bond motifs is 5. The van der Waals surface area contributed by atoms with Crippen molar-refractivity contribution in [2.45, 2.75) is 101 Å². The highest BCUT2D eigenvalue weighted by atomic mass is 16.6. The maximum Gasteiger partial charge on any atom is 0.339 e. The molecule has 12 nitrogen and oxygen atoms in total. The standard InChI is InChI=1S/C38H42O12/c1-19-23(47-34(44)29-28(48-29)21-12-8-6-9-13-21)17-38(45)32(49-33(43)22-14-10-7-11-15-22)30-36(5,31(42)27(41)26(19)35(38,3)4)24(40)16-25-37(30,18-46-25)50-20(2)39/h6-15,23-25,27-30,32,40-41,45H,16-18H2,1-5H3/t23?,24-,25+,27+,28-,29+,30?,32?,36+,37-,38+/m0/s1. The van der Waals surface area contributed by atoms with Crippen molar-refractivity contribution >= 4 is 23.7 Å². The first-order valence-electron chi connectivity index (χ1n) is 16.9. The Morgan fingerprint density at radius 1 is 0.940 bits per heavy atom. The Balaban J connectivity index is 1.38. The molecular formula is C38H42O12. The van der Waals surface area contributed by atoms with Crippen LogP contribution in [0.2, 0.25) is 0 Å². The predicted octanol–water partition coefficient (Wildman–Crippen LogP) is 2.77. The second-order valence-electron chi connectivity index (χ2n) is 15.0. The van der Waals surface area contributed by atoms with E-state index < -0.39 is 94.4 Å². The van der Waals surface area contributed by atoms with Crippen LogP contribution in [0.1, 0.15) is 69.5 Å². The maximum absolute atomic E-state index is 14.8. The number of rotatable bonds is 6. The second-order valence-corrected chi connectivity index (χ2v) is 15.0. The number of hydrogen-bond donors (Lipinski definition) is 3. The molecule has 0 amide bonds. The van der Waals surface area contributed by atoms with E-state index in [4.69, 9.17) is 23.7 Å². The molecule has 2 aromatic rings. The average Bonchev–Trinajstić information content (AvgIpc) is 3.88. The summed E-state index contributed by atoms with van der Waals surface area (Å²) in [5, 5.41) is 37.1. The number of aliphatic hydroxyl groups is 3. The quantitative estimate of drug-likeness (QED) is 0.175. The van der Waals surface area contributed by atoms with Crippen LogP contribution in [0.25, 0.3) is 0 Å². The molecule has 0 spiro atoms. The lowest BCUT2D eigenvalue weighted by Gasteiger charge is -2.67. The van der Waals surface area contributed by atoms with E-state index in [0.717, 1.165) is 5.56 Å². The number of ether oxygens (including phenoxy) is 5. The van der Waals surface area contributed by atoms with Crippen LogP contribution in [0.3, 0.4) is 0 Å². The first-order chi connectivity index (χ1) is 23.6. The summed E-state index contributed by atoms with van der Waals surface area (Å²) in [4.78, 5) is 55.0. The molecule has 2 bridgehead atoms. The van der Waals surface area contributed by atoms with E-state index in [1.54, 1.807) is 39.0 Å². The van der Waals surface area contributed by atoms with Crippen molar-refractivity contribution in [2.24, 2.45) is 16.7 Å². The highest BCUT2D eigenvalue weighted by Crippen LogP contribution is 2.64. The smallest absolute Gasteiger partial charge is 0.339 e. The van der Waals surface area contributed by atoms with Crippen LogP contribution < -0.4 is 0 Å². The molecule has 2 aliphatic heterocycles. The van der Waals surface area contributed by atoms with Gasteiger partial charge < -0.3 is 39.0 Å². The van der Waals surface area contributed by atoms with Crippen molar-refractivity contribution in [3.05, 3.63) is 82.9 Å². The molecule has 3 unspecified atom stereocenters. The normalized spacial score (nSPS) is 39.8. The van der Waals surface area contributed by atoms with Gasteiger partial charge in [0.05, 0.1) is 29.6 Å². The fourth-order valence-corrected chi connectivity index (χ4v) is 9.17. The Bertz CT molecular complexity index is 1750. The van der Waals surface area contributed by atoms with E-state index in [9.17, 15) is 34.5 Å². The maximum atomic E-state index is 14.8. The molecule has 2 saturated carbocycles. The molecule has 50 heavy (non-hydrogen) atoms. The van der Waals surface area contributed by atoms with Crippen molar-refractivity contribution in [3.8, 4) is 0 Å². The summed E-state index contributed by atoms with van der Waals surface area (Å²) >= 11 is 0. The van der Waals surface area contributed by atoms with Crippen LogP contribution >= 0.6 is 0 Å². The molecule has 12 heteroatoms. The molecule has 4 fully saturated rings. The predicted molar refractivity (Wildman–Crippen MR) is 173 cm³/mol. The van der Waals surface area contributed by atoms with E-state index in [0.29, 0.717) is 5.57 Å². The van der Waals surface area contributed by atoms with E-state index >= 15 is 0 Å². The number of hydrogen-bond acceptors (Lipinski definition) is 12. The van der Waals surface area contributed by atoms with E-state index in [2.05, 4.69) is 0 Å². The number of esters is 3. The third kappa shape index (κ3) is 4.90. The van der Waals surface area contributed by atoms with Crippen LogP contribution in [-0.4, -0.2) is 93.4 Å². The molecule has 2 aromatic carbocycles. The molecule has 3 aliphatic carbocycles. The molecule has 0 radical (unpaired) electrons. The lowest BCUT2D eigenvalue weighted by Crippen LogP contribution is -2.81. The average molecular weight is 691 g/mol. The zero-order valence-electron chi connectivity index (χ0n) is 28.5. The monoisotopic (exact) mass is 690 g/mol. The summed E-state index contributed by atoms with van der Waals surface area (Å²) in [5.41, 5.74) is -5.88. The van der Waals surface area contributed by atoms with Gasteiger partial charge in [-0.2, -0.15) is 0 Å². The fraction of sp³-hybridized carbons (Fsp3) is 0.526. The van der Waals surface area contributed by atoms with Gasteiger partial charge in [0.1, 0.15) is 36.1 Å². The number of carbonyl (C=O) groups is 4. The summed E-state index contributed by atoms with van der Waals surface area (Å²) < 4.78 is 29.8. The van der Waals surface area contributed by atoms with Gasteiger partial charge in [-0.1, -0.05) is 62.4 Å². The van der Waals surface area contributed by atoms with Crippen LogP contribution in [0.4, 0.5) is 0 Å². The molecule has 0 aromatic heterocycles. The van der Waals surface area contributed by atoms with Crippen molar-refractivity contribution in [2.75, 3.05) is 6.61 Å². The zero-order valence-corrected chi connectivity index (χ0v) is 28.5. The summed E-state index contributed by atoms with van der Waals surface area (Å²) in [7, 11) is 0. The van der Waals surface area contributed by atoms with Gasteiger partial charge in [-0.05, 0) is 42.7 Å². The van der Waals surface area contributed by atoms with Gasteiger partial charge in [-0.25, -0.2) is 9.59 Å². The van der Waals surface area contributed by atoms with Gasteiger partial charge in [0.15, 0.2) is 17.5 Å². The number of Topliss-reactive ketones (excluding diaryl/α,β-unsaturated/α-hetero) is 1.